The van der Waals surface area contributed by atoms with Crippen LogP contribution in [0.25, 0.3) is 0 Å². The number of aryl methyl sites for hydroxylation is 2. The molecule has 4 rings (SSSR count). The third-order valence-corrected chi connectivity index (χ3v) is 7.68. The summed E-state index contributed by atoms with van der Waals surface area (Å²) in [5, 5.41) is 0. The van der Waals surface area contributed by atoms with E-state index in [1.165, 1.54) is 27.8 Å². The fraction of sp³-hybridized carbons (Fsp3) is 0.438. The fourth-order valence-corrected chi connectivity index (χ4v) is 5.33. The fourth-order valence-electron chi connectivity index (χ4n) is 5.33. The van der Waals surface area contributed by atoms with Crippen molar-refractivity contribution in [1.29, 1.82) is 0 Å². The van der Waals surface area contributed by atoms with Crippen LogP contribution < -0.4 is 0 Å². The lowest BCUT2D eigenvalue weighted by Gasteiger charge is -2.47. The van der Waals surface area contributed by atoms with Gasteiger partial charge in [0.25, 0.3) is 0 Å². The molecule has 0 saturated carbocycles. The molecular weight excluding hydrogens is 432 g/mol. The number of ether oxygens (including phenoxy) is 3. The molecule has 5 unspecified atom stereocenters. The van der Waals surface area contributed by atoms with Gasteiger partial charge >= 0.3 is 0 Å². The SMILES string of the molecule is Cc1ccc([C@@H](C)C2OC(COCc3ccccc3)C(C)C(C)C2OCc2ccccc2)c(C)c1. The zero-order chi connectivity index (χ0) is 24.8. The van der Waals surface area contributed by atoms with Crippen LogP contribution in [-0.4, -0.2) is 24.9 Å². The molecule has 0 spiro atoms. The number of hydrogen-bond acceptors (Lipinski definition) is 3. The van der Waals surface area contributed by atoms with Crippen LogP contribution in [0.4, 0.5) is 0 Å². The maximum atomic E-state index is 6.86. The standard InChI is InChI=1S/C32H40O3/c1-22-16-17-29(23(2)18-22)26(5)32-31(34-20-28-14-10-7-11-15-28)25(4)24(3)30(35-32)21-33-19-27-12-8-6-9-13-27/h6-18,24-26,30-32H,19-21H2,1-5H3/t24?,25?,26-,30?,31?,32?/m1/s1. The van der Waals surface area contributed by atoms with Crippen LogP contribution in [0.2, 0.25) is 0 Å². The smallest absolute Gasteiger partial charge is 0.0910 e. The Morgan fingerprint density at radius 3 is 2.06 bits per heavy atom. The summed E-state index contributed by atoms with van der Waals surface area (Å²) in [7, 11) is 0. The van der Waals surface area contributed by atoms with Gasteiger partial charge in [0.15, 0.2) is 0 Å². The van der Waals surface area contributed by atoms with E-state index in [9.17, 15) is 0 Å². The Kier molecular flexibility index (Phi) is 8.78. The molecule has 0 bridgehead atoms. The molecule has 35 heavy (non-hydrogen) atoms. The van der Waals surface area contributed by atoms with E-state index < -0.39 is 0 Å². The third kappa shape index (κ3) is 6.41. The van der Waals surface area contributed by atoms with Crippen LogP contribution in [0, 0.1) is 25.7 Å². The molecule has 3 nitrogen and oxygen atoms in total. The van der Waals surface area contributed by atoms with Gasteiger partial charge in [-0.25, -0.2) is 0 Å². The highest BCUT2D eigenvalue weighted by Gasteiger charge is 2.44. The predicted molar refractivity (Wildman–Crippen MR) is 142 cm³/mol. The molecule has 0 radical (unpaired) electrons. The number of hydrogen-bond donors (Lipinski definition) is 0. The number of rotatable bonds is 9. The van der Waals surface area contributed by atoms with Gasteiger partial charge in [0, 0.05) is 5.92 Å². The molecule has 1 fully saturated rings. The van der Waals surface area contributed by atoms with Gasteiger partial charge < -0.3 is 14.2 Å². The molecule has 0 aromatic heterocycles. The summed E-state index contributed by atoms with van der Waals surface area (Å²) >= 11 is 0. The van der Waals surface area contributed by atoms with Crippen molar-refractivity contribution >= 4 is 0 Å². The minimum absolute atomic E-state index is 0.00582. The quantitative estimate of drug-likeness (QED) is 0.328. The first-order valence-electron chi connectivity index (χ1n) is 12.9. The van der Waals surface area contributed by atoms with Crippen molar-refractivity contribution in [1.82, 2.24) is 0 Å². The summed E-state index contributed by atoms with van der Waals surface area (Å²) in [6.45, 7) is 13.0. The second kappa shape index (κ2) is 12.0. The lowest BCUT2D eigenvalue weighted by molar-refractivity contribution is -0.209. The highest BCUT2D eigenvalue weighted by Crippen LogP contribution is 2.40. The zero-order valence-electron chi connectivity index (χ0n) is 21.8. The average molecular weight is 473 g/mol. The lowest BCUT2D eigenvalue weighted by atomic mass is 9.76. The molecule has 1 aliphatic rings. The van der Waals surface area contributed by atoms with Gasteiger partial charge in [-0.1, -0.05) is 105 Å². The Morgan fingerprint density at radius 1 is 0.800 bits per heavy atom. The van der Waals surface area contributed by atoms with Crippen LogP contribution >= 0.6 is 0 Å². The molecule has 3 aromatic rings. The molecule has 6 atom stereocenters. The normalized spacial score (nSPS) is 25.3. The Labute approximate surface area is 211 Å². The van der Waals surface area contributed by atoms with E-state index >= 15 is 0 Å². The van der Waals surface area contributed by atoms with Crippen LogP contribution in [0.1, 0.15) is 54.5 Å². The Balaban J connectivity index is 1.52. The maximum absolute atomic E-state index is 6.86. The molecule has 186 valence electrons. The largest absolute Gasteiger partial charge is 0.374 e. The Bertz CT molecular complexity index is 1050. The van der Waals surface area contributed by atoms with Crippen molar-refractivity contribution in [2.24, 2.45) is 11.8 Å². The highest BCUT2D eigenvalue weighted by molar-refractivity contribution is 5.34. The van der Waals surface area contributed by atoms with Gasteiger partial charge in [0.2, 0.25) is 0 Å². The predicted octanol–water partition coefficient (Wildman–Crippen LogP) is 7.25. The van der Waals surface area contributed by atoms with Gasteiger partial charge in [-0.15, -0.1) is 0 Å². The molecule has 1 heterocycles. The van der Waals surface area contributed by atoms with Crippen molar-refractivity contribution in [3.63, 3.8) is 0 Å². The van der Waals surface area contributed by atoms with Crippen LogP contribution in [-0.2, 0) is 27.4 Å². The van der Waals surface area contributed by atoms with E-state index in [0.717, 1.165) is 0 Å². The summed E-state index contributed by atoms with van der Waals surface area (Å²) in [5.41, 5.74) is 6.31. The van der Waals surface area contributed by atoms with Gasteiger partial charge in [-0.2, -0.15) is 0 Å². The van der Waals surface area contributed by atoms with E-state index in [1.807, 2.05) is 12.1 Å². The summed E-state index contributed by atoms with van der Waals surface area (Å²) in [6, 6.07) is 27.5. The molecule has 0 aliphatic carbocycles. The van der Waals surface area contributed by atoms with Crippen LogP contribution in [0.15, 0.2) is 78.9 Å². The summed E-state index contributed by atoms with van der Waals surface area (Å²) in [4.78, 5) is 0. The summed E-state index contributed by atoms with van der Waals surface area (Å²) < 4.78 is 19.6. The van der Waals surface area contributed by atoms with Crippen molar-refractivity contribution in [2.45, 2.75) is 72.1 Å². The molecule has 0 N–H and O–H groups in total. The first-order chi connectivity index (χ1) is 16.9. The first kappa shape index (κ1) is 25.6. The van der Waals surface area contributed by atoms with Gasteiger partial charge in [-0.05, 0) is 47.9 Å². The van der Waals surface area contributed by atoms with Crippen molar-refractivity contribution in [3.8, 4) is 0 Å². The molecular formula is C32H40O3. The molecule has 3 heteroatoms. The van der Waals surface area contributed by atoms with Gasteiger partial charge in [0.05, 0.1) is 38.1 Å². The van der Waals surface area contributed by atoms with E-state index in [1.54, 1.807) is 0 Å². The van der Waals surface area contributed by atoms with E-state index in [-0.39, 0.29) is 24.2 Å². The molecule has 1 saturated heterocycles. The minimum atomic E-state index is -0.0448. The third-order valence-electron chi connectivity index (χ3n) is 7.68. The number of benzene rings is 3. The zero-order valence-corrected chi connectivity index (χ0v) is 21.8. The van der Waals surface area contributed by atoms with E-state index in [2.05, 4.69) is 101 Å². The summed E-state index contributed by atoms with van der Waals surface area (Å²) in [5.74, 6) is 0.882. The Morgan fingerprint density at radius 2 is 1.43 bits per heavy atom. The Hall–Kier alpha value is -2.46. The van der Waals surface area contributed by atoms with Crippen molar-refractivity contribution < 1.29 is 14.2 Å². The highest BCUT2D eigenvalue weighted by atomic mass is 16.6. The average Bonchev–Trinajstić information content (AvgIpc) is 2.87. The second-order valence-corrected chi connectivity index (χ2v) is 10.3. The minimum Gasteiger partial charge on any atom is -0.374 e. The van der Waals surface area contributed by atoms with Crippen LogP contribution in [0.3, 0.4) is 0 Å². The molecule has 0 amide bonds. The topological polar surface area (TPSA) is 27.7 Å². The molecule has 3 aromatic carbocycles. The molecule has 1 aliphatic heterocycles. The second-order valence-electron chi connectivity index (χ2n) is 10.3. The first-order valence-corrected chi connectivity index (χ1v) is 12.9. The van der Waals surface area contributed by atoms with Crippen LogP contribution in [0.5, 0.6) is 0 Å². The summed E-state index contributed by atoms with van der Waals surface area (Å²) in [6.07, 6.45) is -0.00795. The monoisotopic (exact) mass is 472 g/mol. The van der Waals surface area contributed by atoms with E-state index in [0.29, 0.717) is 31.7 Å². The lowest BCUT2D eigenvalue weighted by Crippen LogP contribution is -2.53. The van der Waals surface area contributed by atoms with Gasteiger partial charge in [0.1, 0.15) is 0 Å². The maximum Gasteiger partial charge on any atom is 0.0910 e. The van der Waals surface area contributed by atoms with E-state index in [4.69, 9.17) is 14.2 Å². The van der Waals surface area contributed by atoms with Crippen molar-refractivity contribution in [3.05, 3.63) is 107 Å². The van der Waals surface area contributed by atoms with Crippen molar-refractivity contribution in [2.75, 3.05) is 6.61 Å². The van der Waals surface area contributed by atoms with Gasteiger partial charge in [-0.3, -0.25) is 0 Å².